The number of aromatic nitrogens is 2. The van der Waals surface area contributed by atoms with E-state index in [0.717, 1.165) is 30.7 Å². The molecule has 6 heteroatoms. The number of amides is 1. The molecule has 0 radical (unpaired) electrons. The van der Waals surface area contributed by atoms with Gasteiger partial charge in [-0.2, -0.15) is 0 Å². The largest absolute Gasteiger partial charge is 0.486 e. The molecule has 2 N–H and O–H groups in total. The molecule has 1 amide bonds. The standard InChI is InChI=1S/C23H28N4O2/c1-16-9-10-22-25-19(14-27(22)12-16)15-29-21-8-4-3-7-20(21)23(28)26-11-5-6-18(13-26)17(2)24/h3-4,7-10,12,14,17-18H,5-6,11,13,15,24H2,1-2H3. The predicted molar refractivity (Wildman–Crippen MR) is 113 cm³/mol. The number of para-hydroxylation sites is 1. The third kappa shape index (κ3) is 4.27. The second kappa shape index (κ2) is 8.25. The molecular formula is C23H28N4O2. The van der Waals surface area contributed by atoms with E-state index < -0.39 is 0 Å². The molecular weight excluding hydrogens is 364 g/mol. The number of imidazole rings is 1. The van der Waals surface area contributed by atoms with Gasteiger partial charge in [0.2, 0.25) is 0 Å². The summed E-state index contributed by atoms with van der Waals surface area (Å²) in [6.07, 6.45) is 6.06. The maximum Gasteiger partial charge on any atom is 0.257 e. The van der Waals surface area contributed by atoms with Crippen LogP contribution in [0.3, 0.4) is 0 Å². The van der Waals surface area contributed by atoms with E-state index >= 15 is 0 Å². The smallest absolute Gasteiger partial charge is 0.257 e. The molecule has 1 aliphatic heterocycles. The number of hydrogen-bond acceptors (Lipinski definition) is 4. The van der Waals surface area contributed by atoms with Crippen LogP contribution >= 0.6 is 0 Å². The molecule has 0 bridgehead atoms. The van der Waals surface area contributed by atoms with Gasteiger partial charge in [0.25, 0.3) is 5.91 Å². The summed E-state index contributed by atoms with van der Waals surface area (Å²) in [5.74, 6) is 0.951. The van der Waals surface area contributed by atoms with Crippen LogP contribution in [0.15, 0.2) is 48.8 Å². The number of hydrogen-bond donors (Lipinski definition) is 1. The van der Waals surface area contributed by atoms with Crippen LogP contribution in [0, 0.1) is 12.8 Å². The van der Waals surface area contributed by atoms with E-state index in [4.69, 9.17) is 10.5 Å². The average Bonchev–Trinajstić information content (AvgIpc) is 3.14. The summed E-state index contributed by atoms with van der Waals surface area (Å²) in [5, 5.41) is 0. The minimum absolute atomic E-state index is 0.0107. The zero-order chi connectivity index (χ0) is 20.4. The van der Waals surface area contributed by atoms with Gasteiger partial charge in [0, 0.05) is 31.5 Å². The Morgan fingerprint density at radius 1 is 1.28 bits per heavy atom. The predicted octanol–water partition coefficient (Wildman–Crippen LogP) is 3.42. The van der Waals surface area contributed by atoms with Gasteiger partial charge in [0.1, 0.15) is 18.0 Å². The molecule has 1 fully saturated rings. The number of fused-ring (bicyclic) bond motifs is 1. The Kier molecular flexibility index (Phi) is 5.53. The number of likely N-dealkylation sites (tertiary alicyclic amines) is 1. The number of carbonyl (C=O) groups excluding carboxylic acids is 1. The molecule has 6 nitrogen and oxygen atoms in total. The lowest BCUT2D eigenvalue weighted by atomic mass is 9.92. The van der Waals surface area contributed by atoms with Crippen molar-refractivity contribution >= 4 is 11.6 Å². The lowest BCUT2D eigenvalue weighted by Gasteiger charge is -2.34. The van der Waals surface area contributed by atoms with Crippen molar-refractivity contribution < 1.29 is 9.53 Å². The second-order valence-corrected chi connectivity index (χ2v) is 8.00. The lowest BCUT2D eigenvalue weighted by Crippen LogP contribution is -2.45. The van der Waals surface area contributed by atoms with E-state index in [2.05, 4.69) is 4.98 Å². The zero-order valence-corrected chi connectivity index (χ0v) is 17.0. The van der Waals surface area contributed by atoms with Crippen LogP contribution in [0.2, 0.25) is 0 Å². The second-order valence-electron chi connectivity index (χ2n) is 8.00. The molecule has 1 aliphatic rings. The quantitative estimate of drug-likeness (QED) is 0.722. The Balaban J connectivity index is 1.49. The van der Waals surface area contributed by atoms with Gasteiger partial charge in [-0.15, -0.1) is 0 Å². The molecule has 2 unspecified atom stereocenters. The van der Waals surface area contributed by atoms with Gasteiger partial charge in [-0.25, -0.2) is 4.98 Å². The zero-order valence-electron chi connectivity index (χ0n) is 17.0. The molecule has 0 saturated carbocycles. The Morgan fingerprint density at radius 3 is 2.93 bits per heavy atom. The lowest BCUT2D eigenvalue weighted by molar-refractivity contribution is 0.0656. The normalized spacial score (nSPS) is 18.0. The fraction of sp³-hybridized carbons (Fsp3) is 0.391. The molecule has 1 aromatic carbocycles. The van der Waals surface area contributed by atoms with Crippen molar-refractivity contribution in [3.63, 3.8) is 0 Å². The first-order chi connectivity index (χ1) is 14.0. The summed E-state index contributed by atoms with van der Waals surface area (Å²) in [4.78, 5) is 19.7. The summed E-state index contributed by atoms with van der Waals surface area (Å²) >= 11 is 0. The molecule has 1 saturated heterocycles. The molecule has 29 heavy (non-hydrogen) atoms. The number of nitrogens with two attached hydrogens (primary N) is 1. The molecule has 2 atom stereocenters. The number of benzene rings is 1. The highest BCUT2D eigenvalue weighted by Crippen LogP contribution is 2.25. The number of ether oxygens (including phenoxy) is 1. The first kappa shape index (κ1) is 19.5. The molecule has 2 aromatic heterocycles. The summed E-state index contributed by atoms with van der Waals surface area (Å²) in [6.45, 7) is 5.85. The van der Waals surface area contributed by atoms with Gasteiger partial charge in [-0.3, -0.25) is 4.79 Å². The fourth-order valence-corrected chi connectivity index (χ4v) is 3.94. The Morgan fingerprint density at radius 2 is 2.10 bits per heavy atom. The highest BCUT2D eigenvalue weighted by atomic mass is 16.5. The number of piperidine rings is 1. The number of aryl methyl sites for hydroxylation is 1. The van der Waals surface area contributed by atoms with E-state index in [9.17, 15) is 4.79 Å². The Hall–Kier alpha value is -2.86. The van der Waals surface area contributed by atoms with Crippen LogP contribution in [-0.4, -0.2) is 39.3 Å². The van der Waals surface area contributed by atoms with Crippen molar-refractivity contribution in [2.45, 2.75) is 39.3 Å². The van der Waals surface area contributed by atoms with Crippen LogP contribution in [0.25, 0.3) is 5.65 Å². The number of rotatable bonds is 5. The van der Waals surface area contributed by atoms with Crippen LogP contribution in [0.1, 0.15) is 41.4 Å². The van der Waals surface area contributed by atoms with E-state index in [1.807, 2.05) is 71.9 Å². The molecule has 0 aliphatic carbocycles. The highest BCUT2D eigenvalue weighted by Gasteiger charge is 2.27. The van der Waals surface area contributed by atoms with Crippen molar-refractivity contribution in [2.75, 3.05) is 13.1 Å². The van der Waals surface area contributed by atoms with E-state index in [1.165, 1.54) is 5.56 Å². The third-order valence-corrected chi connectivity index (χ3v) is 5.63. The average molecular weight is 393 g/mol. The molecule has 152 valence electrons. The van der Waals surface area contributed by atoms with Crippen LogP contribution in [0.5, 0.6) is 5.75 Å². The van der Waals surface area contributed by atoms with Gasteiger partial charge >= 0.3 is 0 Å². The summed E-state index contributed by atoms with van der Waals surface area (Å²) in [6, 6.07) is 11.6. The summed E-state index contributed by atoms with van der Waals surface area (Å²) in [7, 11) is 0. The maximum absolute atomic E-state index is 13.2. The summed E-state index contributed by atoms with van der Waals surface area (Å²) in [5.41, 5.74) is 9.56. The number of pyridine rings is 1. The highest BCUT2D eigenvalue weighted by molar-refractivity contribution is 5.97. The van der Waals surface area contributed by atoms with Crippen LogP contribution in [0.4, 0.5) is 0 Å². The molecule has 3 aromatic rings. The number of carbonyl (C=O) groups is 1. The van der Waals surface area contributed by atoms with Gasteiger partial charge < -0.3 is 19.8 Å². The first-order valence-electron chi connectivity index (χ1n) is 10.2. The van der Waals surface area contributed by atoms with E-state index in [-0.39, 0.29) is 11.9 Å². The van der Waals surface area contributed by atoms with Crippen molar-refractivity contribution in [1.29, 1.82) is 0 Å². The Bertz CT molecular complexity index is 1010. The fourth-order valence-electron chi connectivity index (χ4n) is 3.94. The van der Waals surface area contributed by atoms with Gasteiger partial charge in [0.05, 0.1) is 11.3 Å². The molecule has 4 rings (SSSR count). The van der Waals surface area contributed by atoms with Crippen LogP contribution in [-0.2, 0) is 6.61 Å². The SMILES string of the molecule is Cc1ccc2nc(COc3ccccc3C(=O)N3CCCC(C(C)N)C3)cn2c1. The minimum atomic E-state index is 0.0107. The first-order valence-corrected chi connectivity index (χ1v) is 10.2. The van der Waals surface area contributed by atoms with Crippen molar-refractivity contribution in [3.8, 4) is 5.75 Å². The van der Waals surface area contributed by atoms with Crippen molar-refractivity contribution in [2.24, 2.45) is 11.7 Å². The van der Waals surface area contributed by atoms with E-state index in [1.54, 1.807) is 0 Å². The monoisotopic (exact) mass is 392 g/mol. The van der Waals surface area contributed by atoms with E-state index in [0.29, 0.717) is 30.4 Å². The molecule has 3 heterocycles. The Labute approximate surface area is 171 Å². The van der Waals surface area contributed by atoms with Crippen LogP contribution < -0.4 is 10.5 Å². The van der Waals surface area contributed by atoms with Gasteiger partial charge in [-0.05, 0) is 56.4 Å². The summed E-state index contributed by atoms with van der Waals surface area (Å²) < 4.78 is 8.01. The van der Waals surface area contributed by atoms with Gasteiger partial charge in [-0.1, -0.05) is 18.2 Å². The number of nitrogens with zero attached hydrogens (tertiary/aromatic N) is 3. The minimum Gasteiger partial charge on any atom is -0.486 e. The third-order valence-electron chi connectivity index (χ3n) is 5.63. The topological polar surface area (TPSA) is 72.9 Å². The van der Waals surface area contributed by atoms with Crippen molar-refractivity contribution in [1.82, 2.24) is 14.3 Å². The maximum atomic E-state index is 13.2. The molecule has 0 spiro atoms. The van der Waals surface area contributed by atoms with Crippen molar-refractivity contribution in [3.05, 3.63) is 65.6 Å². The van der Waals surface area contributed by atoms with Gasteiger partial charge in [0.15, 0.2) is 0 Å².